The van der Waals surface area contributed by atoms with Crippen LogP contribution in [0, 0.1) is 12.8 Å². The fourth-order valence-electron chi connectivity index (χ4n) is 1.85. The monoisotopic (exact) mass is 263 g/mol. The van der Waals surface area contributed by atoms with Crippen molar-refractivity contribution in [1.29, 1.82) is 0 Å². The number of anilines is 1. The van der Waals surface area contributed by atoms with E-state index < -0.39 is 0 Å². The zero-order valence-corrected chi connectivity index (χ0v) is 11.5. The van der Waals surface area contributed by atoms with Crippen LogP contribution in [0.1, 0.15) is 19.4 Å². The van der Waals surface area contributed by atoms with Gasteiger partial charge >= 0.3 is 0 Å². The third-order valence-electron chi connectivity index (χ3n) is 2.87. The molecule has 4 nitrogen and oxygen atoms in total. The van der Waals surface area contributed by atoms with Gasteiger partial charge in [0.2, 0.25) is 5.91 Å². The van der Waals surface area contributed by atoms with Crippen LogP contribution in [0.25, 0.3) is 10.2 Å². The number of carbonyl (C=O) groups is 1. The molecule has 0 aliphatic carbocycles. The third-order valence-corrected chi connectivity index (χ3v) is 3.82. The molecule has 0 fully saturated rings. The van der Waals surface area contributed by atoms with Gasteiger partial charge in [0.15, 0.2) is 5.13 Å². The molecule has 3 N–H and O–H groups in total. The first kappa shape index (κ1) is 12.8. The minimum absolute atomic E-state index is 0.135. The lowest BCUT2D eigenvalue weighted by atomic mass is 10.0. The number of benzene rings is 1. The van der Waals surface area contributed by atoms with Gasteiger partial charge in [-0.15, -0.1) is 0 Å². The minimum atomic E-state index is -0.383. The number of thiazole rings is 1. The molecule has 1 amide bonds. The van der Waals surface area contributed by atoms with E-state index in [1.165, 1.54) is 0 Å². The van der Waals surface area contributed by atoms with Crippen LogP contribution in [0.5, 0.6) is 0 Å². The van der Waals surface area contributed by atoms with E-state index in [9.17, 15) is 4.79 Å². The van der Waals surface area contributed by atoms with Crippen molar-refractivity contribution < 1.29 is 4.79 Å². The van der Waals surface area contributed by atoms with Gasteiger partial charge in [0.05, 0.1) is 10.2 Å². The van der Waals surface area contributed by atoms with E-state index in [0.717, 1.165) is 20.9 Å². The van der Waals surface area contributed by atoms with E-state index >= 15 is 0 Å². The molecule has 0 radical (unpaired) electrons. The van der Waals surface area contributed by atoms with Crippen LogP contribution in [0.4, 0.5) is 5.13 Å². The molecule has 0 aliphatic rings. The molecule has 0 bridgehead atoms. The summed E-state index contributed by atoms with van der Waals surface area (Å²) in [5.41, 5.74) is 7.50. The summed E-state index contributed by atoms with van der Waals surface area (Å²) in [6.07, 6.45) is 0. The van der Waals surface area contributed by atoms with Gasteiger partial charge in [-0.05, 0) is 24.5 Å². The number of para-hydroxylation sites is 1. The van der Waals surface area contributed by atoms with Gasteiger partial charge in [-0.25, -0.2) is 4.98 Å². The Balaban J connectivity index is 2.32. The summed E-state index contributed by atoms with van der Waals surface area (Å²) in [5, 5.41) is 3.87. The number of amides is 1. The molecule has 1 heterocycles. The van der Waals surface area contributed by atoms with Gasteiger partial charge < -0.3 is 11.1 Å². The molecule has 5 heteroatoms. The number of nitrogens with two attached hydrogens (primary N) is 1. The van der Waals surface area contributed by atoms with Crippen LogP contribution in [0.2, 0.25) is 0 Å². The van der Waals surface area contributed by atoms with E-state index in [-0.39, 0.29) is 17.9 Å². The third kappa shape index (κ3) is 2.46. The molecule has 1 atom stereocenters. The lowest BCUT2D eigenvalue weighted by molar-refractivity contribution is -0.119. The summed E-state index contributed by atoms with van der Waals surface area (Å²) in [6, 6.07) is 5.68. The number of fused-ring (bicyclic) bond motifs is 1. The van der Waals surface area contributed by atoms with Gasteiger partial charge in [-0.2, -0.15) is 0 Å². The van der Waals surface area contributed by atoms with Crippen molar-refractivity contribution in [2.45, 2.75) is 26.8 Å². The second-order valence-electron chi connectivity index (χ2n) is 4.71. The summed E-state index contributed by atoms with van der Waals surface area (Å²) in [7, 11) is 0. The molecule has 0 aliphatic heterocycles. The van der Waals surface area contributed by atoms with Crippen molar-refractivity contribution in [3.8, 4) is 0 Å². The SMILES string of the molecule is Cc1cccc2sc(NC(C(N)=O)C(C)C)nc12. The van der Waals surface area contributed by atoms with Gasteiger partial charge in [0, 0.05) is 0 Å². The first-order valence-electron chi connectivity index (χ1n) is 5.91. The molecule has 0 saturated heterocycles. The highest BCUT2D eigenvalue weighted by atomic mass is 32.1. The van der Waals surface area contributed by atoms with Crippen LogP contribution in [-0.4, -0.2) is 16.9 Å². The second-order valence-corrected chi connectivity index (χ2v) is 5.74. The second kappa shape index (κ2) is 4.94. The van der Waals surface area contributed by atoms with Crippen molar-refractivity contribution in [3.63, 3.8) is 0 Å². The van der Waals surface area contributed by atoms with Crippen LogP contribution < -0.4 is 11.1 Å². The Morgan fingerprint density at radius 1 is 1.44 bits per heavy atom. The Hall–Kier alpha value is -1.62. The summed E-state index contributed by atoms with van der Waals surface area (Å²) in [5.74, 6) is -0.211. The van der Waals surface area contributed by atoms with Crippen LogP contribution in [0.3, 0.4) is 0 Å². The van der Waals surface area contributed by atoms with E-state index in [4.69, 9.17) is 5.73 Å². The van der Waals surface area contributed by atoms with Crippen molar-refractivity contribution in [3.05, 3.63) is 23.8 Å². The molecule has 1 aromatic heterocycles. The Labute approximate surface area is 110 Å². The predicted molar refractivity (Wildman–Crippen MR) is 75.8 cm³/mol. The number of nitrogens with zero attached hydrogens (tertiary/aromatic N) is 1. The first-order valence-corrected chi connectivity index (χ1v) is 6.72. The molecular weight excluding hydrogens is 246 g/mol. The summed E-state index contributed by atoms with van der Waals surface area (Å²) in [6.45, 7) is 5.95. The van der Waals surface area contributed by atoms with E-state index in [1.54, 1.807) is 11.3 Å². The maximum atomic E-state index is 11.4. The Morgan fingerprint density at radius 2 is 2.17 bits per heavy atom. The largest absolute Gasteiger partial charge is 0.368 e. The fraction of sp³-hybridized carbons (Fsp3) is 0.385. The lowest BCUT2D eigenvalue weighted by Crippen LogP contribution is -2.39. The maximum absolute atomic E-state index is 11.4. The minimum Gasteiger partial charge on any atom is -0.368 e. The van der Waals surface area contributed by atoms with Crippen LogP contribution >= 0.6 is 11.3 Å². The molecular formula is C13H17N3OS. The number of hydrogen-bond acceptors (Lipinski definition) is 4. The summed E-state index contributed by atoms with van der Waals surface area (Å²) in [4.78, 5) is 15.9. The Kier molecular flexibility index (Phi) is 3.52. The van der Waals surface area contributed by atoms with Gasteiger partial charge in [0.1, 0.15) is 6.04 Å². The maximum Gasteiger partial charge on any atom is 0.240 e. The van der Waals surface area contributed by atoms with Crippen molar-refractivity contribution in [2.75, 3.05) is 5.32 Å². The number of hydrogen-bond donors (Lipinski definition) is 2. The summed E-state index contributed by atoms with van der Waals surface area (Å²) < 4.78 is 1.12. The molecule has 18 heavy (non-hydrogen) atoms. The zero-order chi connectivity index (χ0) is 13.3. The molecule has 1 unspecified atom stereocenters. The highest BCUT2D eigenvalue weighted by Gasteiger charge is 2.20. The van der Waals surface area contributed by atoms with E-state index in [1.807, 2.05) is 39.0 Å². The normalized spacial score (nSPS) is 12.9. The quantitative estimate of drug-likeness (QED) is 0.890. The number of aromatic nitrogens is 1. The molecule has 0 spiro atoms. The first-order chi connectivity index (χ1) is 8.49. The average Bonchev–Trinajstić information content (AvgIpc) is 2.69. The van der Waals surface area contributed by atoms with Crippen molar-refractivity contribution in [2.24, 2.45) is 11.7 Å². The predicted octanol–water partition coefficient (Wildman–Crippen LogP) is 2.53. The van der Waals surface area contributed by atoms with Gasteiger partial charge in [-0.1, -0.05) is 37.3 Å². The van der Waals surface area contributed by atoms with E-state index in [0.29, 0.717) is 0 Å². The van der Waals surface area contributed by atoms with Crippen LogP contribution in [-0.2, 0) is 4.79 Å². The molecule has 2 rings (SSSR count). The molecule has 1 aromatic carbocycles. The molecule has 96 valence electrons. The number of aryl methyl sites for hydroxylation is 1. The fourth-order valence-corrected chi connectivity index (χ4v) is 2.83. The van der Waals surface area contributed by atoms with Crippen molar-refractivity contribution in [1.82, 2.24) is 4.98 Å². The number of rotatable bonds is 4. The lowest BCUT2D eigenvalue weighted by Gasteiger charge is -2.17. The number of nitrogens with one attached hydrogen (secondary N) is 1. The van der Waals surface area contributed by atoms with Gasteiger partial charge in [-0.3, -0.25) is 4.79 Å². The smallest absolute Gasteiger partial charge is 0.240 e. The topological polar surface area (TPSA) is 68.0 Å². The number of primary amides is 1. The van der Waals surface area contributed by atoms with Crippen LogP contribution in [0.15, 0.2) is 18.2 Å². The Bertz CT molecular complexity index is 577. The standard InChI is InChI=1S/C13H17N3OS/c1-7(2)10(12(14)17)15-13-16-11-8(3)5-4-6-9(11)18-13/h4-7,10H,1-3H3,(H2,14,17)(H,15,16). The Morgan fingerprint density at radius 3 is 2.72 bits per heavy atom. The zero-order valence-electron chi connectivity index (χ0n) is 10.7. The van der Waals surface area contributed by atoms with Gasteiger partial charge in [0.25, 0.3) is 0 Å². The van der Waals surface area contributed by atoms with E-state index in [2.05, 4.69) is 10.3 Å². The number of carbonyl (C=O) groups excluding carboxylic acids is 1. The average molecular weight is 263 g/mol. The highest BCUT2D eigenvalue weighted by molar-refractivity contribution is 7.22. The molecule has 0 saturated carbocycles. The highest BCUT2D eigenvalue weighted by Crippen LogP contribution is 2.28. The summed E-state index contributed by atoms with van der Waals surface area (Å²) >= 11 is 1.54. The molecule has 2 aromatic rings. The van der Waals surface area contributed by atoms with Crippen molar-refractivity contribution >= 4 is 32.6 Å².